The molecule has 16 rings (SSSR count). The first-order chi connectivity index (χ1) is 37.0. The number of hydrogen-bond acceptors (Lipinski definition) is 2. The Morgan fingerprint density at radius 1 is 0.280 bits per heavy atom. The lowest BCUT2D eigenvalue weighted by Crippen LogP contribution is -2.26. The minimum atomic E-state index is -0.475. The van der Waals surface area contributed by atoms with E-state index in [-0.39, 0.29) is 0 Å². The molecule has 0 fully saturated rings. The van der Waals surface area contributed by atoms with Gasteiger partial charge in [0.05, 0.1) is 27.5 Å². The summed E-state index contributed by atoms with van der Waals surface area (Å²) in [5.74, 6) is 0. The van der Waals surface area contributed by atoms with Crippen LogP contribution in [0.3, 0.4) is 0 Å². The van der Waals surface area contributed by atoms with Gasteiger partial charge in [0.1, 0.15) is 0 Å². The lowest BCUT2D eigenvalue weighted by atomic mass is 9.70. The Labute approximate surface area is 443 Å². The summed E-state index contributed by atoms with van der Waals surface area (Å²) in [5.41, 5.74) is 25.0. The normalized spacial score (nSPS) is 13.0. The number of para-hydroxylation sites is 2. The van der Waals surface area contributed by atoms with Crippen LogP contribution in [0, 0.1) is 13.8 Å². The van der Waals surface area contributed by atoms with E-state index in [1.165, 1.54) is 152 Å². The summed E-state index contributed by atoms with van der Waals surface area (Å²) >= 11 is 3.77. The molecule has 0 bridgehead atoms. The monoisotopic (exact) mass is 990 g/mol. The molecule has 0 atom stereocenters. The predicted octanol–water partition coefficient (Wildman–Crippen LogP) is 19.6. The topological polar surface area (TPSA) is 9.86 Å². The van der Waals surface area contributed by atoms with E-state index in [0.717, 1.165) is 0 Å². The van der Waals surface area contributed by atoms with Crippen molar-refractivity contribution in [3.63, 3.8) is 0 Å². The number of fused-ring (bicyclic) bond motifs is 16. The molecule has 352 valence electrons. The molecule has 4 aromatic heterocycles. The second-order valence-corrected chi connectivity index (χ2v) is 22.7. The van der Waals surface area contributed by atoms with Crippen molar-refractivity contribution in [1.82, 2.24) is 9.13 Å². The lowest BCUT2D eigenvalue weighted by Gasteiger charge is -2.31. The summed E-state index contributed by atoms with van der Waals surface area (Å²) in [7, 11) is 0. The van der Waals surface area contributed by atoms with E-state index in [0.29, 0.717) is 0 Å². The van der Waals surface area contributed by atoms with Crippen LogP contribution in [0.2, 0.25) is 0 Å². The number of nitrogens with zero attached hydrogens (tertiary/aromatic N) is 2. The van der Waals surface area contributed by atoms with Crippen LogP contribution >= 0.6 is 22.7 Å². The van der Waals surface area contributed by atoms with Gasteiger partial charge < -0.3 is 9.13 Å². The Hall–Kier alpha value is -8.80. The third kappa shape index (κ3) is 6.18. The zero-order chi connectivity index (χ0) is 49.5. The van der Waals surface area contributed by atoms with Gasteiger partial charge >= 0.3 is 0 Å². The van der Waals surface area contributed by atoms with Crippen molar-refractivity contribution in [2.24, 2.45) is 0 Å². The molecule has 2 aliphatic rings. The van der Waals surface area contributed by atoms with Gasteiger partial charge in [-0.3, -0.25) is 0 Å². The Morgan fingerprint density at radius 2 is 0.627 bits per heavy atom. The molecule has 75 heavy (non-hydrogen) atoms. The number of hydrogen-bond donors (Lipinski definition) is 0. The van der Waals surface area contributed by atoms with Crippen molar-refractivity contribution in [2.45, 2.75) is 19.3 Å². The highest BCUT2D eigenvalue weighted by Crippen LogP contribution is 2.64. The molecule has 0 saturated carbocycles. The Bertz CT molecular complexity index is 4370. The highest BCUT2D eigenvalue weighted by atomic mass is 32.1. The number of benzene rings is 10. The van der Waals surface area contributed by atoms with Gasteiger partial charge in [-0.25, -0.2) is 0 Å². The largest absolute Gasteiger partial charge is 0.309 e. The highest BCUT2D eigenvalue weighted by Gasteiger charge is 2.51. The number of aryl methyl sites for hydroxylation is 2. The van der Waals surface area contributed by atoms with E-state index in [9.17, 15) is 0 Å². The van der Waals surface area contributed by atoms with Crippen LogP contribution in [-0.4, -0.2) is 9.13 Å². The summed E-state index contributed by atoms with van der Waals surface area (Å²) in [5, 5.41) is 5.08. The van der Waals surface area contributed by atoms with E-state index in [1.54, 1.807) is 0 Å². The van der Waals surface area contributed by atoms with Crippen LogP contribution < -0.4 is 0 Å². The first kappa shape index (κ1) is 42.7. The zero-order valence-corrected chi connectivity index (χ0v) is 42.9. The highest BCUT2D eigenvalue weighted by molar-refractivity contribution is 7.19. The SMILES string of the molecule is Cc1ccc(-n2c3ccccc3c3cc(-c4ccc(-c5ccc6c(c5)C5(c7ccccc7-c7ccccc75)c5cc(-c7ccc(-c8ccc9c(c8)c8ccccc8n9-c8ccc(C)cc8)s7)ccc5-6)s4)ccc32)cc1. The first-order valence-corrected chi connectivity index (χ1v) is 27.5. The maximum atomic E-state index is 2.52. The molecule has 0 saturated heterocycles. The molecule has 0 amide bonds. The van der Waals surface area contributed by atoms with Crippen molar-refractivity contribution >= 4 is 66.3 Å². The van der Waals surface area contributed by atoms with Gasteiger partial charge in [0.25, 0.3) is 0 Å². The smallest absolute Gasteiger partial charge is 0.0725 e. The third-order valence-electron chi connectivity index (χ3n) is 16.4. The minimum absolute atomic E-state index is 0.475. The molecule has 10 aromatic carbocycles. The molecular formula is C71H46N2S2. The Balaban J connectivity index is 0.799. The molecule has 0 unspecified atom stereocenters. The van der Waals surface area contributed by atoms with Gasteiger partial charge in [0.15, 0.2) is 0 Å². The fourth-order valence-corrected chi connectivity index (χ4v) is 14.9. The maximum Gasteiger partial charge on any atom is 0.0725 e. The average Bonchev–Trinajstić information content (AvgIpc) is 4.36. The van der Waals surface area contributed by atoms with Gasteiger partial charge in [0.2, 0.25) is 0 Å². The van der Waals surface area contributed by atoms with Crippen molar-refractivity contribution in [3.05, 3.63) is 276 Å². The lowest BCUT2D eigenvalue weighted by molar-refractivity contribution is 0.794. The summed E-state index contributed by atoms with van der Waals surface area (Å²) in [6.45, 7) is 4.30. The molecule has 4 heterocycles. The Kier molecular flexibility index (Phi) is 9.16. The van der Waals surface area contributed by atoms with Crippen LogP contribution in [0.5, 0.6) is 0 Å². The van der Waals surface area contributed by atoms with Crippen molar-refractivity contribution in [3.8, 4) is 75.4 Å². The Morgan fingerprint density at radius 3 is 1.07 bits per heavy atom. The molecule has 0 N–H and O–H groups in total. The minimum Gasteiger partial charge on any atom is -0.309 e. The fraction of sp³-hybridized carbons (Fsp3) is 0.0423. The maximum absolute atomic E-state index is 2.52. The standard InChI is InChI=1S/C71H46N2S2/c1-43-19-27-49(28-20-43)72-63-17-9-5-13-55(63)57-39-45(25-33-65(57)72)67-35-37-69(74-67)47-23-31-53-54-32-24-48(42-62(54)71(61(53)41-47)59-15-7-3-11-51(59)52-12-4-8-16-60(52)71)70-38-36-68(75-70)46-26-34-66-58(40-46)56-14-6-10-18-64(56)73(66)50-29-21-44(2)22-30-50/h3-42H,1-2H3. The van der Waals surface area contributed by atoms with Gasteiger partial charge in [-0.15, -0.1) is 22.7 Å². The van der Waals surface area contributed by atoms with Gasteiger partial charge in [0, 0.05) is 52.4 Å². The summed E-state index contributed by atoms with van der Waals surface area (Å²) in [6, 6.07) is 91.6. The van der Waals surface area contributed by atoms with E-state index in [1.807, 2.05) is 22.7 Å². The zero-order valence-electron chi connectivity index (χ0n) is 41.3. The van der Waals surface area contributed by atoms with E-state index in [4.69, 9.17) is 0 Å². The molecule has 1 spiro atoms. The van der Waals surface area contributed by atoms with Crippen LogP contribution in [0.1, 0.15) is 33.4 Å². The summed E-state index contributed by atoms with van der Waals surface area (Å²) in [6.07, 6.45) is 0. The van der Waals surface area contributed by atoms with Gasteiger partial charge in [-0.2, -0.15) is 0 Å². The van der Waals surface area contributed by atoms with Crippen molar-refractivity contribution < 1.29 is 0 Å². The molecule has 4 heteroatoms. The van der Waals surface area contributed by atoms with Crippen LogP contribution in [0.15, 0.2) is 243 Å². The second kappa shape index (κ2) is 16.1. The van der Waals surface area contributed by atoms with Crippen molar-refractivity contribution in [2.75, 3.05) is 0 Å². The van der Waals surface area contributed by atoms with E-state index >= 15 is 0 Å². The summed E-state index contributed by atoms with van der Waals surface area (Å²) < 4.78 is 4.81. The molecule has 14 aromatic rings. The quantitative estimate of drug-likeness (QED) is 0.157. The molecule has 0 aliphatic heterocycles. The van der Waals surface area contributed by atoms with E-state index in [2.05, 4.69) is 266 Å². The molecular weight excluding hydrogens is 945 g/mol. The molecule has 2 nitrogen and oxygen atoms in total. The summed E-state index contributed by atoms with van der Waals surface area (Å²) in [4.78, 5) is 5.07. The fourth-order valence-electron chi connectivity index (χ4n) is 12.9. The third-order valence-corrected chi connectivity index (χ3v) is 18.7. The average molecular weight is 991 g/mol. The first-order valence-electron chi connectivity index (χ1n) is 25.9. The van der Waals surface area contributed by atoms with Crippen LogP contribution in [0.25, 0.3) is 119 Å². The van der Waals surface area contributed by atoms with E-state index < -0.39 is 5.41 Å². The number of aromatic nitrogens is 2. The van der Waals surface area contributed by atoms with Gasteiger partial charge in [-0.05, 0) is 178 Å². The van der Waals surface area contributed by atoms with Crippen LogP contribution in [0.4, 0.5) is 0 Å². The predicted molar refractivity (Wildman–Crippen MR) is 318 cm³/mol. The van der Waals surface area contributed by atoms with Gasteiger partial charge in [-0.1, -0.05) is 157 Å². The van der Waals surface area contributed by atoms with Crippen LogP contribution in [-0.2, 0) is 5.41 Å². The molecule has 2 aliphatic carbocycles. The number of thiophene rings is 2. The van der Waals surface area contributed by atoms with Crippen molar-refractivity contribution in [1.29, 1.82) is 0 Å². The number of rotatable bonds is 6. The molecule has 0 radical (unpaired) electrons. The second-order valence-electron chi connectivity index (χ2n) is 20.5.